The summed E-state index contributed by atoms with van der Waals surface area (Å²) in [7, 11) is 1.58. The number of rotatable bonds is 1. The van der Waals surface area contributed by atoms with Gasteiger partial charge in [0.2, 0.25) is 5.95 Å². The third-order valence-corrected chi connectivity index (χ3v) is 2.40. The Labute approximate surface area is 86.4 Å². The molecular formula is C9H13N5O. The van der Waals surface area contributed by atoms with Gasteiger partial charge in [-0.25, -0.2) is 4.98 Å². The molecule has 0 fully saturated rings. The van der Waals surface area contributed by atoms with E-state index in [-0.39, 0.29) is 17.5 Å². The summed E-state index contributed by atoms with van der Waals surface area (Å²) >= 11 is 0. The Hall–Kier alpha value is -1.85. The van der Waals surface area contributed by atoms with Crippen molar-refractivity contribution in [3.05, 3.63) is 16.7 Å². The first-order valence-electron chi connectivity index (χ1n) is 4.71. The first kappa shape index (κ1) is 9.70. The van der Waals surface area contributed by atoms with Crippen molar-refractivity contribution in [2.75, 3.05) is 5.73 Å². The molecule has 2 aromatic heterocycles. The van der Waals surface area contributed by atoms with Crippen molar-refractivity contribution in [1.29, 1.82) is 0 Å². The number of aromatic nitrogens is 4. The Balaban J connectivity index is 2.90. The van der Waals surface area contributed by atoms with Crippen LogP contribution in [0.15, 0.2) is 11.1 Å². The van der Waals surface area contributed by atoms with E-state index in [1.54, 1.807) is 13.4 Å². The van der Waals surface area contributed by atoms with E-state index in [0.717, 1.165) is 0 Å². The van der Waals surface area contributed by atoms with Gasteiger partial charge in [-0.2, -0.15) is 4.98 Å². The second-order valence-electron chi connectivity index (χ2n) is 3.75. The molecule has 0 unspecified atom stereocenters. The minimum Gasteiger partial charge on any atom is -0.369 e. The van der Waals surface area contributed by atoms with Crippen molar-refractivity contribution < 1.29 is 0 Å². The molecule has 15 heavy (non-hydrogen) atoms. The van der Waals surface area contributed by atoms with Gasteiger partial charge in [0.05, 0.1) is 6.33 Å². The van der Waals surface area contributed by atoms with Gasteiger partial charge in [-0.3, -0.25) is 9.36 Å². The summed E-state index contributed by atoms with van der Waals surface area (Å²) in [4.78, 5) is 20.0. The van der Waals surface area contributed by atoms with Crippen LogP contribution in [0.5, 0.6) is 0 Å². The zero-order chi connectivity index (χ0) is 11.2. The van der Waals surface area contributed by atoms with Crippen molar-refractivity contribution in [2.24, 2.45) is 7.05 Å². The molecule has 0 bridgehead atoms. The molecule has 0 spiro atoms. The topological polar surface area (TPSA) is 78.7 Å². The number of nitrogens with two attached hydrogens (primary N) is 1. The van der Waals surface area contributed by atoms with Crippen LogP contribution in [0.4, 0.5) is 5.95 Å². The van der Waals surface area contributed by atoms with E-state index in [2.05, 4.69) is 9.97 Å². The predicted molar refractivity (Wildman–Crippen MR) is 57.6 cm³/mol. The van der Waals surface area contributed by atoms with Gasteiger partial charge in [0, 0.05) is 13.1 Å². The lowest BCUT2D eigenvalue weighted by Gasteiger charge is -2.07. The normalized spacial score (nSPS) is 11.5. The molecular weight excluding hydrogens is 194 g/mol. The van der Waals surface area contributed by atoms with Crippen LogP contribution in [0, 0.1) is 0 Å². The van der Waals surface area contributed by atoms with Crippen molar-refractivity contribution in [1.82, 2.24) is 19.1 Å². The molecule has 2 N–H and O–H groups in total. The molecule has 0 aliphatic rings. The number of hydrogen-bond acceptors (Lipinski definition) is 4. The Morgan fingerprint density at radius 1 is 1.47 bits per heavy atom. The lowest BCUT2D eigenvalue weighted by Crippen LogP contribution is -2.22. The van der Waals surface area contributed by atoms with E-state index >= 15 is 0 Å². The second kappa shape index (κ2) is 3.08. The van der Waals surface area contributed by atoms with Gasteiger partial charge in [-0.15, -0.1) is 0 Å². The van der Waals surface area contributed by atoms with Gasteiger partial charge < -0.3 is 10.3 Å². The number of fused-ring (bicyclic) bond motifs is 1. The van der Waals surface area contributed by atoms with Crippen LogP contribution in [-0.2, 0) is 7.05 Å². The van der Waals surface area contributed by atoms with E-state index in [0.29, 0.717) is 11.2 Å². The monoisotopic (exact) mass is 207 g/mol. The van der Waals surface area contributed by atoms with Gasteiger partial charge >= 0.3 is 0 Å². The predicted octanol–water partition coefficient (Wildman–Crippen LogP) is 0.293. The smallest absolute Gasteiger partial charge is 0.282 e. The molecule has 2 heterocycles. The fraction of sp³-hybridized carbons (Fsp3) is 0.444. The summed E-state index contributed by atoms with van der Waals surface area (Å²) in [5, 5.41) is 0. The lowest BCUT2D eigenvalue weighted by molar-refractivity contribution is 0.612. The Kier molecular flexibility index (Phi) is 1.99. The molecule has 0 aliphatic heterocycles. The molecule has 6 nitrogen and oxygen atoms in total. The average molecular weight is 207 g/mol. The highest BCUT2D eigenvalue weighted by Crippen LogP contribution is 2.13. The minimum absolute atomic E-state index is 0.203. The van der Waals surface area contributed by atoms with Gasteiger partial charge in [0.25, 0.3) is 5.56 Å². The Morgan fingerprint density at radius 2 is 2.13 bits per heavy atom. The SMILES string of the molecule is CC(C)n1cnc2c(=O)n(C)c(N)nc21. The Bertz CT molecular complexity index is 566. The van der Waals surface area contributed by atoms with Crippen LogP contribution < -0.4 is 11.3 Å². The summed E-state index contributed by atoms with van der Waals surface area (Å²) in [5.41, 5.74) is 6.32. The zero-order valence-corrected chi connectivity index (χ0v) is 8.93. The largest absolute Gasteiger partial charge is 0.369 e. The fourth-order valence-corrected chi connectivity index (χ4v) is 1.44. The molecule has 0 atom stereocenters. The van der Waals surface area contributed by atoms with E-state index < -0.39 is 0 Å². The van der Waals surface area contributed by atoms with Crippen molar-refractivity contribution in [3.8, 4) is 0 Å². The van der Waals surface area contributed by atoms with Crippen LogP contribution in [0.2, 0.25) is 0 Å². The van der Waals surface area contributed by atoms with Crippen LogP contribution in [0.1, 0.15) is 19.9 Å². The first-order chi connectivity index (χ1) is 7.02. The lowest BCUT2D eigenvalue weighted by atomic mass is 10.4. The van der Waals surface area contributed by atoms with Gasteiger partial charge in [-0.05, 0) is 13.8 Å². The number of nitrogens with zero attached hydrogens (tertiary/aromatic N) is 4. The maximum atomic E-state index is 11.8. The van der Waals surface area contributed by atoms with Gasteiger partial charge in [0.15, 0.2) is 11.2 Å². The van der Waals surface area contributed by atoms with E-state index in [4.69, 9.17) is 5.73 Å². The fourth-order valence-electron chi connectivity index (χ4n) is 1.44. The first-order valence-corrected chi connectivity index (χ1v) is 4.71. The summed E-state index contributed by atoms with van der Waals surface area (Å²) in [6, 6.07) is 0.203. The Morgan fingerprint density at radius 3 is 2.73 bits per heavy atom. The molecule has 2 aromatic rings. The maximum Gasteiger partial charge on any atom is 0.282 e. The van der Waals surface area contributed by atoms with Crippen molar-refractivity contribution in [2.45, 2.75) is 19.9 Å². The summed E-state index contributed by atoms with van der Waals surface area (Å²) in [6.45, 7) is 3.99. The quantitative estimate of drug-likeness (QED) is 0.729. The van der Waals surface area contributed by atoms with Crippen LogP contribution in [-0.4, -0.2) is 19.1 Å². The molecule has 0 saturated heterocycles. The molecule has 0 amide bonds. The maximum absolute atomic E-state index is 11.8. The standard InChI is InChI=1S/C9H13N5O/c1-5(2)14-4-11-6-7(14)12-9(10)13(3)8(6)15/h4-5H,1-3H3,(H2,10,12). The van der Waals surface area contributed by atoms with Crippen LogP contribution in [0.3, 0.4) is 0 Å². The molecule has 80 valence electrons. The zero-order valence-electron chi connectivity index (χ0n) is 8.93. The highest BCUT2D eigenvalue weighted by molar-refractivity contribution is 5.70. The minimum atomic E-state index is -0.211. The highest BCUT2D eigenvalue weighted by atomic mass is 16.1. The number of anilines is 1. The van der Waals surface area contributed by atoms with Gasteiger partial charge in [-0.1, -0.05) is 0 Å². The molecule has 0 aliphatic carbocycles. The van der Waals surface area contributed by atoms with E-state index in [9.17, 15) is 4.79 Å². The molecule has 0 aromatic carbocycles. The highest BCUT2D eigenvalue weighted by Gasteiger charge is 2.12. The third-order valence-electron chi connectivity index (χ3n) is 2.40. The number of hydrogen-bond donors (Lipinski definition) is 1. The van der Waals surface area contributed by atoms with Gasteiger partial charge in [0.1, 0.15) is 0 Å². The molecule has 0 radical (unpaired) electrons. The summed E-state index contributed by atoms with van der Waals surface area (Å²) < 4.78 is 3.12. The molecule has 6 heteroatoms. The van der Waals surface area contributed by atoms with E-state index in [1.807, 2.05) is 18.4 Å². The van der Waals surface area contributed by atoms with Crippen molar-refractivity contribution >= 4 is 17.1 Å². The third kappa shape index (κ3) is 1.29. The molecule has 0 saturated carbocycles. The number of nitrogen functional groups attached to an aromatic ring is 1. The van der Waals surface area contributed by atoms with Crippen LogP contribution in [0.25, 0.3) is 11.2 Å². The average Bonchev–Trinajstić information content (AvgIpc) is 2.58. The second-order valence-corrected chi connectivity index (χ2v) is 3.75. The van der Waals surface area contributed by atoms with E-state index in [1.165, 1.54) is 4.57 Å². The summed E-state index contributed by atoms with van der Waals surface area (Å²) in [5.74, 6) is 0.204. The summed E-state index contributed by atoms with van der Waals surface area (Å²) in [6.07, 6.45) is 1.61. The number of imidazole rings is 1. The van der Waals surface area contributed by atoms with Crippen LogP contribution >= 0.6 is 0 Å². The molecule has 2 rings (SSSR count). The van der Waals surface area contributed by atoms with Crippen molar-refractivity contribution in [3.63, 3.8) is 0 Å².